The fourth-order valence-electron chi connectivity index (χ4n) is 7.03. The lowest BCUT2D eigenvalue weighted by atomic mass is 9.90. The summed E-state index contributed by atoms with van der Waals surface area (Å²) in [4.78, 5) is 24.6. The zero-order valence-electron chi connectivity index (χ0n) is 28.7. The highest BCUT2D eigenvalue weighted by atomic mass is 32.1. The Kier molecular flexibility index (Phi) is 9.35. The van der Waals surface area contributed by atoms with E-state index < -0.39 is 0 Å². The lowest BCUT2D eigenvalue weighted by Crippen LogP contribution is -2.38. The molecule has 0 N–H and O–H groups in total. The van der Waals surface area contributed by atoms with Crippen molar-refractivity contribution in [2.75, 3.05) is 13.1 Å². The number of halogens is 3. The molecule has 9 heteroatoms. The van der Waals surface area contributed by atoms with Gasteiger partial charge in [-0.3, -0.25) is 9.20 Å². The number of imidazole rings is 1. The Bertz CT molecular complexity index is 2210. The van der Waals surface area contributed by atoms with Gasteiger partial charge < -0.3 is 4.90 Å². The van der Waals surface area contributed by atoms with Gasteiger partial charge in [-0.05, 0) is 117 Å². The number of rotatable bonds is 8. The molecule has 256 valence electrons. The Morgan fingerprint density at radius 1 is 0.860 bits per heavy atom. The quantitative estimate of drug-likeness (QED) is 0.160. The molecule has 0 radical (unpaired) electrons. The van der Waals surface area contributed by atoms with Crippen molar-refractivity contribution in [2.45, 2.75) is 65.7 Å². The first-order valence-corrected chi connectivity index (χ1v) is 18.1. The van der Waals surface area contributed by atoms with Crippen molar-refractivity contribution in [1.82, 2.24) is 19.3 Å². The van der Waals surface area contributed by atoms with Crippen LogP contribution < -0.4 is 0 Å². The van der Waals surface area contributed by atoms with Crippen molar-refractivity contribution in [3.63, 3.8) is 0 Å². The van der Waals surface area contributed by atoms with Gasteiger partial charge in [0, 0.05) is 47.8 Å². The first kappa shape index (κ1) is 33.7. The Labute approximate surface area is 294 Å². The first-order chi connectivity index (χ1) is 24.1. The summed E-state index contributed by atoms with van der Waals surface area (Å²) in [6.07, 6.45) is 5.04. The number of likely N-dealkylation sites (tertiary alicyclic amines) is 1. The number of fused-ring (bicyclic) bond motifs is 1. The molecule has 0 saturated carbocycles. The van der Waals surface area contributed by atoms with Crippen LogP contribution in [-0.2, 0) is 17.6 Å². The van der Waals surface area contributed by atoms with Crippen molar-refractivity contribution in [1.29, 1.82) is 0 Å². The number of aryl methyl sites for hydroxylation is 3. The normalized spacial score (nSPS) is 13.8. The monoisotopic (exact) mass is 692 g/mol. The molecule has 3 aromatic heterocycles. The maximum atomic E-state index is 16.4. The molecule has 0 spiro atoms. The van der Waals surface area contributed by atoms with Gasteiger partial charge in [-0.1, -0.05) is 31.2 Å². The molecule has 4 heterocycles. The number of carbonyl (C=O) groups excluding carboxylic acids is 1. The minimum Gasteiger partial charge on any atom is -0.343 e. The van der Waals surface area contributed by atoms with Gasteiger partial charge in [0.05, 0.1) is 17.1 Å². The zero-order valence-corrected chi connectivity index (χ0v) is 29.5. The highest BCUT2D eigenvalue weighted by Crippen LogP contribution is 2.38. The number of piperidine rings is 1. The van der Waals surface area contributed by atoms with Gasteiger partial charge in [-0.25, -0.2) is 23.1 Å². The molecule has 6 aromatic rings. The van der Waals surface area contributed by atoms with Crippen LogP contribution in [0.2, 0.25) is 0 Å². The minimum atomic E-state index is -0.310. The van der Waals surface area contributed by atoms with Gasteiger partial charge in [-0.15, -0.1) is 11.3 Å². The fraction of sp³-hybridized carbons (Fsp3) is 0.293. The Morgan fingerprint density at radius 3 is 2.34 bits per heavy atom. The third kappa shape index (κ3) is 6.35. The maximum Gasteiger partial charge on any atom is 0.222 e. The summed E-state index contributed by atoms with van der Waals surface area (Å²) in [5.74, 6) is -0.523. The van der Waals surface area contributed by atoms with E-state index in [0.29, 0.717) is 53.2 Å². The number of hydrogen-bond donors (Lipinski definition) is 0. The highest BCUT2D eigenvalue weighted by molar-refractivity contribution is 7.13. The molecule has 0 atom stereocenters. The van der Waals surface area contributed by atoms with Crippen LogP contribution >= 0.6 is 11.3 Å². The molecule has 7 rings (SSSR count). The van der Waals surface area contributed by atoms with Crippen LogP contribution in [0.5, 0.6) is 0 Å². The van der Waals surface area contributed by atoms with Crippen LogP contribution in [0.15, 0.2) is 72.2 Å². The maximum absolute atomic E-state index is 16.4. The third-order valence-electron chi connectivity index (χ3n) is 10.2. The third-order valence-corrected chi connectivity index (χ3v) is 11.1. The first-order valence-electron chi connectivity index (χ1n) is 17.2. The second kappa shape index (κ2) is 13.9. The standard InChI is InChI=1S/C41H39F3N4OS/c1-5-34-40(33-15-14-32(26(4)39(33)44)41-46-35(23-50-41)28-8-12-31(42)13-9-28)48-22-30(10-16-36(48)45-34)27-18-20-47(21-19-27)37(49)17-11-29-7-6-24(2)25(3)38(29)43/h6-10,12-16,22-23,27H,5,11,17-21H2,1-4H3. The molecule has 0 aliphatic carbocycles. The molecule has 0 bridgehead atoms. The lowest BCUT2D eigenvalue weighted by molar-refractivity contribution is -0.132. The second-order valence-electron chi connectivity index (χ2n) is 13.2. The summed E-state index contributed by atoms with van der Waals surface area (Å²) >= 11 is 1.43. The highest BCUT2D eigenvalue weighted by Gasteiger charge is 2.26. The summed E-state index contributed by atoms with van der Waals surface area (Å²) in [5, 5.41) is 2.61. The van der Waals surface area contributed by atoms with E-state index in [-0.39, 0.29) is 35.7 Å². The number of nitrogens with zero attached hydrogens (tertiary/aromatic N) is 4. The van der Waals surface area contributed by atoms with Crippen LogP contribution in [0.3, 0.4) is 0 Å². The van der Waals surface area contributed by atoms with E-state index in [2.05, 4.69) is 12.3 Å². The minimum absolute atomic E-state index is 0.0553. The summed E-state index contributed by atoms with van der Waals surface area (Å²) in [6.45, 7) is 8.75. The molecule has 1 aliphatic heterocycles. The van der Waals surface area contributed by atoms with Crippen molar-refractivity contribution in [2.24, 2.45) is 0 Å². The number of aromatic nitrogens is 3. The van der Waals surface area contributed by atoms with Crippen LogP contribution in [0.4, 0.5) is 13.2 Å². The van der Waals surface area contributed by atoms with E-state index in [4.69, 9.17) is 9.97 Å². The number of amides is 1. The van der Waals surface area contributed by atoms with E-state index >= 15 is 4.39 Å². The smallest absolute Gasteiger partial charge is 0.222 e. The number of benzene rings is 3. The van der Waals surface area contributed by atoms with Crippen LogP contribution in [0.25, 0.3) is 38.7 Å². The van der Waals surface area contributed by atoms with E-state index in [1.807, 2.05) is 52.8 Å². The molecular formula is C41H39F3N4OS. The molecular weight excluding hydrogens is 654 g/mol. The number of hydrogen-bond acceptors (Lipinski definition) is 4. The van der Waals surface area contributed by atoms with Gasteiger partial charge in [0.15, 0.2) is 0 Å². The predicted molar refractivity (Wildman–Crippen MR) is 194 cm³/mol. The number of carbonyl (C=O) groups is 1. The average molecular weight is 693 g/mol. The Morgan fingerprint density at radius 2 is 1.60 bits per heavy atom. The fourth-order valence-corrected chi connectivity index (χ4v) is 7.94. The van der Waals surface area contributed by atoms with Gasteiger partial charge in [0.1, 0.15) is 28.1 Å². The van der Waals surface area contributed by atoms with Gasteiger partial charge >= 0.3 is 0 Å². The van der Waals surface area contributed by atoms with E-state index in [9.17, 15) is 13.6 Å². The molecule has 50 heavy (non-hydrogen) atoms. The second-order valence-corrected chi connectivity index (χ2v) is 14.1. The average Bonchev–Trinajstić information content (AvgIpc) is 3.77. The molecule has 3 aromatic carbocycles. The van der Waals surface area contributed by atoms with Gasteiger partial charge in [-0.2, -0.15) is 0 Å². The molecule has 1 amide bonds. The SMILES string of the molecule is CCc1nc2ccc(C3CCN(C(=O)CCc4ccc(C)c(C)c4F)CC3)cn2c1-c1ccc(-c2nc(-c3ccc(F)cc3)cs2)c(C)c1F. The molecule has 0 unspecified atom stereocenters. The summed E-state index contributed by atoms with van der Waals surface area (Å²) in [5.41, 5.74) is 8.85. The largest absolute Gasteiger partial charge is 0.343 e. The zero-order chi connectivity index (χ0) is 35.1. The summed E-state index contributed by atoms with van der Waals surface area (Å²) in [6, 6.07) is 17.7. The molecule has 1 saturated heterocycles. The van der Waals surface area contributed by atoms with Crippen molar-refractivity contribution >= 4 is 22.9 Å². The van der Waals surface area contributed by atoms with Gasteiger partial charge in [0.25, 0.3) is 0 Å². The summed E-state index contributed by atoms with van der Waals surface area (Å²) in [7, 11) is 0. The van der Waals surface area contributed by atoms with E-state index in [0.717, 1.165) is 57.8 Å². The predicted octanol–water partition coefficient (Wildman–Crippen LogP) is 10.0. The van der Waals surface area contributed by atoms with Crippen molar-refractivity contribution in [3.8, 4) is 33.1 Å². The van der Waals surface area contributed by atoms with Crippen molar-refractivity contribution in [3.05, 3.63) is 123 Å². The molecule has 5 nitrogen and oxygen atoms in total. The van der Waals surface area contributed by atoms with E-state index in [1.54, 1.807) is 32.0 Å². The Hall–Kier alpha value is -4.76. The van der Waals surface area contributed by atoms with E-state index in [1.165, 1.54) is 23.5 Å². The van der Waals surface area contributed by atoms with Crippen LogP contribution in [-0.4, -0.2) is 38.3 Å². The van der Waals surface area contributed by atoms with Crippen molar-refractivity contribution < 1.29 is 18.0 Å². The Balaban J connectivity index is 1.10. The van der Waals surface area contributed by atoms with Crippen LogP contribution in [0, 0.1) is 38.2 Å². The summed E-state index contributed by atoms with van der Waals surface area (Å²) < 4.78 is 46.5. The molecule has 1 aliphatic rings. The number of pyridine rings is 1. The lowest BCUT2D eigenvalue weighted by Gasteiger charge is -2.32. The van der Waals surface area contributed by atoms with Crippen LogP contribution in [0.1, 0.15) is 65.6 Å². The molecule has 1 fully saturated rings. The topological polar surface area (TPSA) is 50.5 Å². The van der Waals surface area contributed by atoms with Gasteiger partial charge in [0.2, 0.25) is 5.91 Å². The number of thiazole rings is 1.